The highest BCUT2D eigenvalue weighted by molar-refractivity contribution is 7.89. The number of carbonyl (C=O) groups excluding carboxylic acids is 1. The van der Waals surface area contributed by atoms with Gasteiger partial charge in [-0.2, -0.15) is 9.29 Å². The van der Waals surface area contributed by atoms with E-state index < -0.39 is 27.5 Å². The van der Waals surface area contributed by atoms with Crippen LogP contribution in [0.3, 0.4) is 0 Å². The number of hydrogen-bond acceptors (Lipinski definition) is 10. The van der Waals surface area contributed by atoms with Crippen molar-refractivity contribution < 1.29 is 18.0 Å². The first-order valence-corrected chi connectivity index (χ1v) is 17.5. The quantitative estimate of drug-likeness (QED) is 0.380. The Hall–Kier alpha value is -2.71. The molecule has 3 N–H and O–H groups in total. The third kappa shape index (κ3) is 6.02. The number of amides is 1. The predicted molar refractivity (Wildman–Crippen MR) is 165 cm³/mol. The van der Waals surface area contributed by atoms with Crippen molar-refractivity contribution >= 4 is 39.0 Å². The van der Waals surface area contributed by atoms with Gasteiger partial charge in [-0.25, -0.2) is 23.2 Å². The molecule has 2 saturated heterocycles. The van der Waals surface area contributed by atoms with Crippen molar-refractivity contribution in [1.82, 2.24) is 34.6 Å². The molecule has 1 amide bonds. The third-order valence-electron chi connectivity index (χ3n) is 9.99. The summed E-state index contributed by atoms with van der Waals surface area (Å²) < 4.78 is 29.9. The van der Waals surface area contributed by atoms with Crippen LogP contribution in [-0.4, -0.2) is 75.3 Å². The van der Waals surface area contributed by atoms with E-state index in [2.05, 4.69) is 46.4 Å². The summed E-state index contributed by atoms with van der Waals surface area (Å²) in [7, 11) is -3.35. The van der Waals surface area contributed by atoms with E-state index in [4.69, 9.17) is 19.8 Å². The number of hydroxylamine groups is 1. The highest BCUT2D eigenvalue weighted by atomic mass is 32.2. The van der Waals surface area contributed by atoms with Gasteiger partial charge in [-0.15, -0.1) is 5.48 Å². The summed E-state index contributed by atoms with van der Waals surface area (Å²) in [6, 6.07) is 0.138. The molecular weight excluding hydrogens is 570 g/mol. The summed E-state index contributed by atoms with van der Waals surface area (Å²) in [4.78, 5) is 33.9. The van der Waals surface area contributed by atoms with Gasteiger partial charge in [-0.3, -0.25) is 5.32 Å². The number of imidazole rings is 1. The molecule has 2 aliphatic heterocycles. The van der Waals surface area contributed by atoms with Gasteiger partial charge in [0, 0.05) is 38.3 Å². The second-order valence-corrected chi connectivity index (χ2v) is 15.9. The zero-order chi connectivity index (χ0) is 30.5. The molecule has 4 fully saturated rings. The van der Waals surface area contributed by atoms with Crippen LogP contribution in [0.15, 0.2) is 0 Å². The van der Waals surface area contributed by atoms with E-state index in [9.17, 15) is 13.2 Å². The van der Waals surface area contributed by atoms with Gasteiger partial charge in [-0.05, 0) is 71.1 Å². The maximum Gasteiger partial charge on any atom is 0.427 e. The zero-order valence-corrected chi connectivity index (χ0v) is 26.9. The van der Waals surface area contributed by atoms with Crippen LogP contribution >= 0.6 is 0 Å². The zero-order valence-electron chi connectivity index (χ0n) is 26.0. The van der Waals surface area contributed by atoms with Crippen LogP contribution in [0.2, 0.25) is 0 Å². The number of carbonyl (C=O) groups is 1. The fraction of sp³-hybridized carbons (Fsp3) is 0.793. The van der Waals surface area contributed by atoms with Gasteiger partial charge in [0.15, 0.2) is 23.5 Å². The number of aromatic nitrogens is 4. The minimum atomic E-state index is -3.35. The molecule has 43 heavy (non-hydrogen) atoms. The number of hydrogen-bond donors (Lipinski definition) is 3. The first-order chi connectivity index (χ1) is 20.5. The smallest absolute Gasteiger partial charge is 0.365 e. The summed E-state index contributed by atoms with van der Waals surface area (Å²) in [5.41, 5.74) is 4.10. The summed E-state index contributed by atoms with van der Waals surface area (Å²) in [6.07, 6.45) is 7.11. The number of sulfonamides is 1. The molecule has 4 heterocycles. The Morgan fingerprint density at radius 3 is 2.37 bits per heavy atom. The molecular formula is C29H47N9O4S. The van der Waals surface area contributed by atoms with Crippen LogP contribution in [0.1, 0.15) is 91.6 Å². The summed E-state index contributed by atoms with van der Waals surface area (Å²) in [5.74, 6) is 3.71. The minimum absolute atomic E-state index is 0.0776. The first-order valence-electron chi connectivity index (χ1n) is 16.0. The second-order valence-electron chi connectivity index (χ2n) is 13.5. The summed E-state index contributed by atoms with van der Waals surface area (Å²) in [5, 5.41) is 5.97. The molecule has 4 aliphatic rings. The summed E-state index contributed by atoms with van der Waals surface area (Å²) in [6.45, 7) is 12.2. The number of nitrogens with one attached hydrogen (secondary N) is 3. The molecule has 2 aromatic heterocycles. The Labute approximate surface area is 254 Å². The van der Waals surface area contributed by atoms with Gasteiger partial charge in [0.2, 0.25) is 16.0 Å². The largest absolute Gasteiger partial charge is 0.427 e. The van der Waals surface area contributed by atoms with E-state index in [1.165, 1.54) is 32.1 Å². The highest BCUT2D eigenvalue weighted by Gasteiger charge is 2.37. The van der Waals surface area contributed by atoms with Crippen molar-refractivity contribution in [3.05, 3.63) is 5.82 Å². The van der Waals surface area contributed by atoms with Gasteiger partial charge >= 0.3 is 6.09 Å². The molecule has 0 aromatic carbocycles. The number of anilines is 2. The van der Waals surface area contributed by atoms with Gasteiger partial charge in [-0.1, -0.05) is 26.2 Å². The Bertz CT molecular complexity index is 1440. The van der Waals surface area contributed by atoms with Gasteiger partial charge in [0.05, 0.1) is 5.25 Å². The van der Waals surface area contributed by atoms with Crippen molar-refractivity contribution in [3.8, 4) is 0 Å². The molecule has 3 atom stereocenters. The number of fused-ring (bicyclic) bond motifs is 1. The lowest BCUT2D eigenvalue weighted by Crippen LogP contribution is -2.55. The fourth-order valence-electron chi connectivity index (χ4n) is 6.86. The van der Waals surface area contributed by atoms with E-state index in [0.29, 0.717) is 48.8 Å². The average Bonchev–Trinajstić information content (AvgIpc) is 3.52. The van der Waals surface area contributed by atoms with Crippen molar-refractivity contribution in [2.24, 2.45) is 17.8 Å². The average molecular weight is 618 g/mol. The Morgan fingerprint density at radius 1 is 1.02 bits per heavy atom. The predicted octanol–water partition coefficient (Wildman–Crippen LogP) is 3.74. The molecule has 14 heteroatoms. The monoisotopic (exact) mass is 617 g/mol. The van der Waals surface area contributed by atoms with Crippen LogP contribution in [0, 0.1) is 17.8 Å². The van der Waals surface area contributed by atoms with Gasteiger partial charge in [0.1, 0.15) is 5.52 Å². The van der Waals surface area contributed by atoms with Crippen LogP contribution in [0.25, 0.3) is 11.2 Å². The number of rotatable bonds is 9. The molecule has 6 rings (SSSR count). The van der Waals surface area contributed by atoms with Gasteiger partial charge in [0.25, 0.3) is 0 Å². The number of piperazine rings is 1. The van der Waals surface area contributed by atoms with Gasteiger partial charge < -0.3 is 19.6 Å². The van der Waals surface area contributed by atoms with Crippen LogP contribution < -0.4 is 21.0 Å². The van der Waals surface area contributed by atoms with Crippen LogP contribution in [0.5, 0.6) is 0 Å². The van der Waals surface area contributed by atoms with Crippen molar-refractivity contribution in [2.75, 3.05) is 29.9 Å². The van der Waals surface area contributed by atoms with Crippen molar-refractivity contribution in [2.45, 2.75) is 110 Å². The second kappa shape index (κ2) is 12.0. The molecule has 0 spiro atoms. The first kappa shape index (κ1) is 30.3. The maximum atomic E-state index is 13.0. The minimum Gasteiger partial charge on any atom is -0.365 e. The molecule has 0 bridgehead atoms. The topological polar surface area (TPSA) is 147 Å². The van der Waals surface area contributed by atoms with E-state index in [1.54, 1.807) is 18.2 Å². The molecule has 0 radical (unpaired) electrons. The number of nitrogens with zero attached hydrogens (tertiary/aromatic N) is 6. The molecule has 238 valence electrons. The van der Waals surface area contributed by atoms with E-state index >= 15 is 0 Å². The van der Waals surface area contributed by atoms with Crippen LogP contribution in [-0.2, 0) is 21.4 Å². The van der Waals surface area contributed by atoms with E-state index in [0.717, 1.165) is 36.8 Å². The Kier molecular flexibility index (Phi) is 8.46. The molecule has 2 aromatic rings. The normalized spacial score (nSPS) is 28.1. The Morgan fingerprint density at radius 2 is 1.77 bits per heavy atom. The molecule has 1 unspecified atom stereocenters. The molecule has 2 saturated carbocycles. The summed E-state index contributed by atoms with van der Waals surface area (Å²) >= 11 is 0. The van der Waals surface area contributed by atoms with Crippen molar-refractivity contribution in [1.29, 1.82) is 0 Å². The lowest BCUT2D eigenvalue weighted by Gasteiger charge is -2.40. The Balaban J connectivity index is 1.42. The lowest BCUT2D eigenvalue weighted by atomic mass is 9.80. The molecule has 13 nitrogen and oxygen atoms in total. The lowest BCUT2D eigenvalue weighted by molar-refractivity contribution is 0.120. The highest BCUT2D eigenvalue weighted by Crippen LogP contribution is 2.37. The van der Waals surface area contributed by atoms with Crippen molar-refractivity contribution in [3.63, 3.8) is 0 Å². The van der Waals surface area contributed by atoms with E-state index in [-0.39, 0.29) is 12.1 Å². The fourth-order valence-corrected chi connectivity index (χ4v) is 8.22. The third-order valence-corrected chi connectivity index (χ3v) is 12.2. The molecule has 2 aliphatic carbocycles. The van der Waals surface area contributed by atoms with Crippen LogP contribution in [0.4, 0.5) is 16.6 Å². The standard InChI is InChI=1S/C29H47N9O4S/c1-17(2)43(40,41)36-13-14-37(19(4)15-36)28-33-25-23(38(28)16-21-11-9-18(3)10-12-21)24(30-20(5)22-7-6-8-22)31-26(32-25)27-34-29(39)42-35-27/h17-22,27,35H,6-16H2,1-5H3,(H,34,39)(H,30,31,32)/t18?,19-,20-,21?,27?/m1/s1. The SMILES string of the molecule is CC1CCC(Cn2c(N3CCN(S(=O)(=O)C(C)C)C[C@H]3C)nc3nc(C4NOC(=O)N4)nc(N[C@H](C)C4CCC4)c32)CC1. The maximum absolute atomic E-state index is 13.0. The van der Waals surface area contributed by atoms with E-state index in [1.807, 2.05) is 0 Å².